The minimum absolute atomic E-state index is 0.155. The van der Waals surface area contributed by atoms with Gasteiger partial charge in [0.25, 0.3) is 10.0 Å². The van der Waals surface area contributed by atoms with Crippen molar-refractivity contribution in [2.24, 2.45) is 5.92 Å². The molecule has 0 bridgehead atoms. The minimum atomic E-state index is -3.62. The van der Waals surface area contributed by atoms with E-state index >= 15 is 0 Å². The number of hydrogen-bond acceptors (Lipinski definition) is 5. The van der Waals surface area contributed by atoms with E-state index in [2.05, 4.69) is 10.8 Å². The lowest BCUT2D eigenvalue weighted by Crippen LogP contribution is -2.46. The number of rotatable bonds is 5. The highest BCUT2D eigenvalue weighted by Gasteiger charge is 2.36. The topological polar surface area (TPSA) is 90.2 Å². The lowest BCUT2D eigenvalue weighted by atomic mass is 9.77. The third-order valence-corrected chi connectivity index (χ3v) is 8.11. The quantitative estimate of drug-likeness (QED) is 0.853. The second-order valence-electron chi connectivity index (χ2n) is 6.36. The van der Waals surface area contributed by atoms with Crippen molar-refractivity contribution in [1.82, 2.24) is 4.72 Å². The summed E-state index contributed by atoms with van der Waals surface area (Å²) >= 11 is 1.23. The number of benzene rings is 1. The van der Waals surface area contributed by atoms with E-state index < -0.39 is 10.0 Å². The van der Waals surface area contributed by atoms with Crippen LogP contribution in [0.25, 0.3) is 10.1 Å². The lowest BCUT2D eigenvalue weighted by molar-refractivity contribution is 0.0277. The fourth-order valence-corrected chi connectivity index (χ4v) is 6.40. The van der Waals surface area contributed by atoms with E-state index in [0.29, 0.717) is 34.6 Å². The van der Waals surface area contributed by atoms with Gasteiger partial charge in [0.15, 0.2) is 0 Å². The average molecular weight is 364 g/mol. The number of hydrogen-bond donors (Lipinski definition) is 2. The van der Waals surface area contributed by atoms with Gasteiger partial charge in [-0.25, -0.2) is 13.1 Å². The van der Waals surface area contributed by atoms with Crippen molar-refractivity contribution in [3.63, 3.8) is 0 Å². The molecule has 2 N–H and O–H groups in total. The van der Waals surface area contributed by atoms with Gasteiger partial charge in [0.1, 0.15) is 4.21 Å². The normalized spacial score (nSPS) is 22.1. The minimum Gasteiger partial charge on any atom is -0.393 e. The second kappa shape index (κ2) is 6.45. The number of nitrogens with one attached hydrogen (secondary N) is 1. The molecule has 7 heteroatoms. The molecule has 1 aromatic heterocycles. The summed E-state index contributed by atoms with van der Waals surface area (Å²) < 4.78 is 29.7. The zero-order valence-electron chi connectivity index (χ0n) is 13.6. The molecule has 128 valence electrons. The number of nitriles is 1. The van der Waals surface area contributed by atoms with Crippen molar-refractivity contribution in [3.05, 3.63) is 29.3 Å². The first-order chi connectivity index (χ1) is 11.4. The molecule has 0 saturated heterocycles. The molecule has 2 aromatic rings. The molecule has 1 aliphatic carbocycles. The van der Waals surface area contributed by atoms with Gasteiger partial charge >= 0.3 is 0 Å². The Morgan fingerprint density at radius 2 is 2.17 bits per heavy atom. The van der Waals surface area contributed by atoms with Gasteiger partial charge in [-0.1, -0.05) is 6.92 Å². The molecule has 0 aliphatic heterocycles. The molecular weight excluding hydrogens is 344 g/mol. The number of thiophene rings is 1. The van der Waals surface area contributed by atoms with Crippen molar-refractivity contribution in [1.29, 1.82) is 5.26 Å². The van der Waals surface area contributed by atoms with Crippen LogP contribution < -0.4 is 4.72 Å². The fraction of sp³-hybridized carbons (Fsp3) is 0.471. The van der Waals surface area contributed by atoms with E-state index in [1.54, 1.807) is 25.1 Å². The highest BCUT2D eigenvalue weighted by molar-refractivity contribution is 7.91. The van der Waals surface area contributed by atoms with Gasteiger partial charge in [0, 0.05) is 10.7 Å². The molecule has 24 heavy (non-hydrogen) atoms. The largest absolute Gasteiger partial charge is 0.393 e. The Balaban J connectivity index is 1.93. The van der Waals surface area contributed by atoms with Crippen LogP contribution in [0, 0.1) is 24.2 Å². The maximum Gasteiger partial charge on any atom is 0.250 e. The van der Waals surface area contributed by atoms with E-state index in [1.165, 1.54) is 11.3 Å². The SMILES string of the molecule is CC[C@@H](NS(=O)(=O)c1sc2ccc(C#N)cc2c1C)C1CC(O)C1. The first-order valence-corrected chi connectivity index (χ1v) is 10.3. The Morgan fingerprint density at radius 1 is 1.46 bits per heavy atom. The van der Waals surface area contributed by atoms with Crippen molar-refractivity contribution in [2.45, 2.75) is 49.5 Å². The lowest BCUT2D eigenvalue weighted by Gasteiger charge is -2.37. The summed E-state index contributed by atoms with van der Waals surface area (Å²) in [7, 11) is -3.62. The molecule has 1 fully saturated rings. The number of fused-ring (bicyclic) bond motifs is 1. The molecule has 0 spiro atoms. The molecule has 1 heterocycles. The summed E-state index contributed by atoms with van der Waals surface area (Å²) in [6.45, 7) is 3.73. The maximum atomic E-state index is 12.8. The third-order valence-electron chi connectivity index (χ3n) is 4.73. The number of aryl methyl sites for hydroxylation is 1. The van der Waals surface area contributed by atoms with E-state index in [9.17, 15) is 13.5 Å². The first-order valence-electron chi connectivity index (χ1n) is 7.99. The van der Waals surface area contributed by atoms with Crippen molar-refractivity contribution < 1.29 is 13.5 Å². The summed E-state index contributed by atoms with van der Waals surface area (Å²) in [4.78, 5) is 0. The summed E-state index contributed by atoms with van der Waals surface area (Å²) in [5.74, 6) is 0.194. The van der Waals surface area contributed by atoms with Gasteiger partial charge in [0.05, 0.1) is 17.7 Å². The maximum absolute atomic E-state index is 12.8. The van der Waals surface area contributed by atoms with Gasteiger partial charge in [-0.3, -0.25) is 0 Å². The van der Waals surface area contributed by atoms with Crippen LogP contribution in [-0.2, 0) is 10.0 Å². The van der Waals surface area contributed by atoms with Crippen molar-refractivity contribution in [3.8, 4) is 6.07 Å². The molecule has 1 atom stereocenters. The molecular formula is C17H20N2O3S2. The Hall–Kier alpha value is -1.46. The Kier molecular flexibility index (Phi) is 4.67. The highest BCUT2D eigenvalue weighted by atomic mass is 32.2. The molecule has 0 unspecified atom stereocenters. The van der Waals surface area contributed by atoms with Gasteiger partial charge in [0.2, 0.25) is 0 Å². The van der Waals surface area contributed by atoms with Crippen LogP contribution in [0.1, 0.15) is 37.3 Å². The van der Waals surface area contributed by atoms with Crippen molar-refractivity contribution in [2.75, 3.05) is 0 Å². The first kappa shape index (κ1) is 17.4. The number of nitrogens with zero attached hydrogens (tertiary/aromatic N) is 1. The second-order valence-corrected chi connectivity index (χ2v) is 9.32. The Morgan fingerprint density at radius 3 is 2.75 bits per heavy atom. The van der Waals surface area contributed by atoms with Crippen LogP contribution in [0.5, 0.6) is 0 Å². The van der Waals surface area contributed by atoms with Gasteiger partial charge < -0.3 is 5.11 Å². The van der Waals surface area contributed by atoms with Crippen LogP contribution in [0.15, 0.2) is 22.4 Å². The van der Waals surface area contributed by atoms with Crippen LogP contribution in [0.2, 0.25) is 0 Å². The standard InChI is InChI=1S/C17H20N2O3S2/c1-3-15(12-7-13(20)8-12)19-24(21,22)17-10(2)14-6-11(9-18)4-5-16(14)23-17/h4-6,12-13,15,19-20H,3,7-8H2,1-2H3/t12?,13?,15-/m1/s1. The molecule has 3 rings (SSSR count). The van der Waals surface area contributed by atoms with E-state index in [0.717, 1.165) is 10.1 Å². The van der Waals surface area contributed by atoms with Gasteiger partial charge in [-0.2, -0.15) is 5.26 Å². The van der Waals surface area contributed by atoms with Crippen LogP contribution in [-0.4, -0.2) is 25.7 Å². The monoisotopic (exact) mass is 364 g/mol. The summed E-state index contributed by atoms with van der Waals surface area (Å²) in [6.07, 6.45) is 1.69. The summed E-state index contributed by atoms with van der Waals surface area (Å²) in [5, 5.41) is 19.3. The molecule has 1 aromatic carbocycles. The third kappa shape index (κ3) is 3.07. The van der Waals surface area contributed by atoms with E-state index in [-0.39, 0.29) is 18.1 Å². The molecule has 0 amide bonds. The number of aliphatic hydroxyl groups is 1. The van der Waals surface area contributed by atoms with Crippen LogP contribution in [0.4, 0.5) is 0 Å². The zero-order valence-corrected chi connectivity index (χ0v) is 15.2. The van der Waals surface area contributed by atoms with E-state index in [1.807, 2.05) is 6.92 Å². The smallest absolute Gasteiger partial charge is 0.250 e. The number of aliphatic hydroxyl groups excluding tert-OH is 1. The predicted octanol–water partition coefficient (Wildman–Crippen LogP) is 2.91. The molecule has 5 nitrogen and oxygen atoms in total. The summed E-state index contributed by atoms with van der Waals surface area (Å²) in [5.41, 5.74) is 1.21. The van der Waals surface area contributed by atoms with Crippen LogP contribution in [0.3, 0.4) is 0 Å². The van der Waals surface area contributed by atoms with Crippen molar-refractivity contribution >= 4 is 31.4 Å². The molecule has 0 radical (unpaired) electrons. The Bertz CT molecular complexity index is 906. The highest BCUT2D eigenvalue weighted by Crippen LogP contribution is 2.36. The number of sulfonamides is 1. The van der Waals surface area contributed by atoms with Crippen LogP contribution >= 0.6 is 11.3 Å². The van der Waals surface area contributed by atoms with Gasteiger partial charge in [-0.05, 0) is 61.3 Å². The molecule has 1 saturated carbocycles. The Labute approximate surface area is 146 Å². The fourth-order valence-electron chi connectivity index (χ4n) is 3.25. The average Bonchev–Trinajstić information content (AvgIpc) is 2.87. The predicted molar refractivity (Wildman–Crippen MR) is 94.4 cm³/mol. The van der Waals surface area contributed by atoms with Gasteiger partial charge in [-0.15, -0.1) is 11.3 Å². The summed E-state index contributed by atoms with van der Waals surface area (Å²) in [6, 6.07) is 7.16. The van der Waals surface area contributed by atoms with E-state index in [4.69, 9.17) is 5.26 Å². The zero-order chi connectivity index (χ0) is 17.5. The molecule has 1 aliphatic rings.